The molecule has 44 heavy (non-hydrogen) atoms. The molecule has 1 saturated carbocycles. The Kier molecular flexibility index (Phi) is 11.2. The van der Waals surface area contributed by atoms with Gasteiger partial charge in [-0.25, -0.2) is 0 Å². The Balaban J connectivity index is 1.22. The summed E-state index contributed by atoms with van der Waals surface area (Å²) in [5.41, 5.74) is 2.97. The zero-order chi connectivity index (χ0) is 31.5. The lowest BCUT2D eigenvalue weighted by molar-refractivity contribution is -0.141. The van der Waals surface area contributed by atoms with Crippen LogP contribution in [0, 0.1) is 16.6 Å². The van der Waals surface area contributed by atoms with Crippen LogP contribution in [-0.2, 0) is 10.2 Å². The number of hydrogen-bond acceptors (Lipinski definition) is 2. The van der Waals surface area contributed by atoms with Gasteiger partial charge >= 0.3 is 6.18 Å². The number of carbonyl (C=O) groups excluding carboxylic acids is 2. The van der Waals surface area contributed by atoms with Gasteiger partial charge in [-0.15, -0.1) is 0 Å². The third-order valence-electron chi connectivity index (χ3n) is 8.98. The third kappa shape index (κ3) is 7.58. The zero-order valence-corrected chi connectivity index (χ0v) is 30.6. The highest BCUT2D eigenvalue weighted by atomic mass is 127. The van der Waals surface area contributed by atoms with Gasteiger partial charge in [0.2, 0.25) is 5.91 Å². The molecule has 10 heteroatoms. The molecule has 0 aliphatic heterocycles. The molecule has 234 valence electrons. The van der Waals surface area contributed by atoms with Crippen molar-refractivity contribution >= 4 is 79.6 Å². The molecule has 2 amide bonds. The number of unbranched alkanes of at least 4 members (excludes halogenated alkanes) is 1. The van der Waals surface area contributed by atoms with Gasteiger partial charge in [0.15, 0.2) is 0 Å². The van der Waals surface area contributed by atoms with Crippen LogP contribution in [0.15, 0.2) is 60.7 Å². The van der Waals surface area contributed by atoms with Gasteiger partial charge in [-0.3, -0.25) is 9.59 Å². The van der Waals surface area contributed by atoms with E-state index in [2.05, 4.69) is 84.5 Å². The van der Waals surface area contributed by atoms with Crippen LogP contribution in [0.25, 0.3) is 11.1 Å². The quantitative estimate of drug-likeness (QED) is 0.0974. The first kappa shape index (κ1) is 33.9. The van der Waals surface area contributed by atoms with Crippen LogP contribution in [-0.4, -0.2) is 30.6 Å². The molecule has 2 atom stereocenters. The van der Waals surface area contributed by atoms with Gasteiger partial charge in [-0.1, -0.05) is 80.6 Å². The fourth-order valence-electron chi connectivity index (χ4n) is 6.90. The van der Waals surface area contributed by atoms with E-state index in [0.717, 1.165) is 89.9 Å². The van der Waals surface area contributed by atoms with Gasteiger partial charge < -0.3 is 10.6 Å². The maximum Gasteiger partial charge on any atom is 0.405 e. The second kappa shape index (κ2) is 14.6. The number of alkyl halides is 3. The average molecular weight is 940 g/mol. The molecule has 4 nitrogen and oxygen atoms in total. The minimum Gasteiger partial charge on any atom is -0.349 e. The Morgan fingerprint density at radius 3 is 2.18 bits per heavy atom. The number of rotatable bonds is 9. The fraction of sp³-hybridized carbons (Fsp3) is 0.412. The summed E-state index contributed by atoms with van der Waals surface area (Å²) in [6.07, 6.45) is 3.61. The van der Waals surface area contributed by atoms with Crippen molar-refractivity contribution in [2.24, 2.45) is 5.92 Å². The van der Waals surface area contributed by atoms with Crippen molar-refractivity contribution in [2.75, 3.05) is 6.54 Å². The summed E-state index contributed by atoms with van der Waals surface area (Å²) in [6.45, 7) is -1.35. The van der Waals surface area contributed by atoms with Gasteiger partial charge in [0.1, 0.15) is 12.0 Å². The maximum atomic E-state index is 13.7. The summed E-state index contributed by atoms with van der Waals surface area (Å²) in [6, 6.07) is 19.4. The van der Waals surface area contributed by atoms with E-state index in [0.29, 0.717) is 12.3 Å². The SMILES string of the molecule is O=C(NC1CCCC(CCCCC2(C(=O)NCC(F)(F)F)c3ccccc3-c3ccccc32)CC1)c1cc(I)cc(I)c1I. The molecular formula is C34H34F3I3N2O2. The Morgan fingerprint density at radius 2 is 1.52 bits per heavy atom. The maximum absolute atomic E-state index is 13.7. The van der Waals surface area contributed by atoms with Crippen molar-refractivity contribution < 1.29 is 22.8 Å². The van der Waals surface area contributed by atoms with E-state index in [1.54, 1.807) is 0 Å². The van der Waals surface area contributed by atoms with Crippen LogP contribution in [0.2, 0.25) is 0 Å². The number of halogens is 6. The Labute approximate surface area is 297 Å². The number of nitrogens with one attached hydrogen (secondary N) is 2. The van der Waals surface area contributed by atoms with Gasteiger partial charge in [-0.2, -0.15) is 13.2 Å². The summed E-state index contributed by atoms with van der Waals surface area (Å²) in [4.78, 5) is 26.8. The Morgan fingerprint density at radius 1 is 0.864 bits per heavy atom. The third-order valence-corrected chi connectivity index (χ3v) is 12.6. The second-order valence-corrected chi connectivity index (χ2v) is 15.3. The zero-order valence-electron chi connectivity index (χ0n) is 24.1. The van der Waals surface area contributed by atoms with Gasteiger partial charge in [-0.05, 0) is 134 Å². The van der Waals surface area contributed by atoms with Crippen molar-refractivity contribution in [3.05, 3.63) is 88.1 Å². The largest absolute Gasteiger partial charge is 0.405 e. The molecule has 0 bridgehead atoms. The second-order valence-electron chi connectivity index (χ2n) is 11.8. The van der Waals surface area contributed by atoms with Crippen LogP contribution in [0.3, 0.4) is 0 Å². The fourth-order valence-corrected chi connectivity index (χ4v) is 9.30. The molecule has 5 rings (SSSR count). The molecule has 3 aromatic carbocycles. The summed E-state index contributed by atoms with van der Waals surface area (Å²) >= 11 is 6.76. The standard InChI is InChI=1S/C34H34F3I3N2O2/c35-34(36,37)20-41-32(44)33(27-13-3-1-11-24(27)25-12-2-4-14-28(25)33)17-6-5-8-21-9-7-10-23(16-15-21)42-31(43)26-18-22(38)19-29(39)30(26)40/h1-4,11-14,18-19,21,23H,5-10,15-17,20H2,(H,41,44)(H,42,43). The summed E-state index contributed by atoms with van der Waals surface area (Å²) in [7, 11) is 0. The number of benzene rings is 3. The van der Waals surface area contributed by atoms with E-state index in [1.807, 2.05) is 54.6 Å². The monoisotopic (exact) mass is 940 g/mol. The molecule has 0 aromatic heterocycles. The van der Waals surface area contributed by atoms with Crippen molar-refractivity contribution in [3.63, 3.8) is 0 Å². The van der Waals surface area contributed by atoms with Crippen LogP contribution in [0.4, 0.5) is 13.2 Å². The molecule has 3 aromatic rings. The molecule has 0 heterocycles. The highest BCUT2D eigenvalue weighted by Crippen LogP contribution is 2.51. The predicted molar refractivity (Wildman–Crippen MR) is 193 cm³/mol. The molecule has 1 fully saturated rings. The minimum absolute atomic E-state index is 0.0134. The molecule has 2 unspecified atom stereocenters. The van der Waals surface area contributed by atoms with Crippen LogP contribution in [0.1, 0.15) is 79.3 Å². The van der Waals surface area contributed by atoms with Crippen LogP contribution in [0.5, 0.6) is 0 Å². The van der Waals surface area contributed by atoms with Gasteiger partial charge in [0, 0.05) is 16.8 Å². The van der Waals surface area contributed by atoms with Crippen molar-refractivity contribution in [2.45, 2.75) is 75.4 Å². The smallest absolute Gasteiger partial charge is 0.349 e. The Hall–Kier alpha value is -1.42. The van der Waals surface area contributed by atoms with E-state index in [4.69, 9.17) is 0 Å². The number of fused-ring (bicyclic) bond motifs is 3. The summed E-state index contributed by atoms with van der Waals surface area (Å²) in [5, 5.41) is 5.51. The highest BCUT2D eigenvalue weighted by molar-refractivity contribution is 14.1. The first-order valence-corrected chi connectivity index (χ1v) is 18.2. The number of carbonyl (C=O) groups is 2. The number of hydrogen-bond donors (Lipinski definition) is 2. The molecule has 0 radical (unpaired) electrons. The molecule has 0 spiro atoms. The summed E-state index contributed by atoms with van der Waals surface area (Å²) in [5.74, 6) is -0.0768. The molecule has 0 saturated heterocycles. The predicted octanol–water partition coefficient (Wildman–Crippen LogP) is 9.38. The number of amides is 2. The van der Waals surface area contributed by atoms with Crippen molar-refractivity contribution in [1.29, 1.82) is 0 Å². The van der Waals surface area contributed by atoms with E-state index in [-0.39, 0.29) is 11.9 Å². The van der Waals surface area contributed by atoms with Crippen molar-refractivity contribution in [3.8, 4) is 11.1 Å². The molecule has 2 aliphatic rings. The topological polar surface area (TPSA) is 58.2 Å². The van der Waals surface area contributed by atoms with Gasteiger partial charge in [0.05, 0.1) is 5.56 Å². The molecule has 2 aliphatic carbocycles. The normalized spacial score (nSPS) is 19.0. The van der Waals surface area contributed by atoms with Crippen molar-refractivity contribution in [1.82, 2.24) is 10.6 Å². The van der Waals surface area contributed by atoms with E-state index >= 15 is 0 Å². The molecule has 2 N–H and O–H groups in total. The lowest BCUT2D eigenvalue weighted by Crippen LogP contribution is -2.47. The van der Waals surface area contributed by atoms with E-state index in [1.165, 1.54) is 0 Å². The first-order valence-electron chi connectivity index (χ1n) is 15.0. The Bertz CT molecular complexity index is 1480. The molecular weight excluding hydrogens is 906 g/mol. The van der Waals surface area contributed by atoms with E-state index < -0.39 is 24.0 Å². The van der Waals surface area contributed by atoms with Gasteiger partial charge in [0.25, 0.3) is 5.91 Å². The minimum atomic E-state index is -4.48. The summed E-state index contributed by atoms with van der Waals surface area (Å²) < 4.78 is 42.6. The first-order chi connectivity index (χ1) is 21.0. The lowest BCUT2D eigenvalue weighted by atomic mass is 9.73. The highest BCUT2D eigenvalue weighted by Gasteiger charge is 2.49. The lowest BCUT2D eigenvalue weighted by Gasteiger charge is -2.31. The average Bonchev–Trinajstić information content (AvgIpc) is 3.09. The van der Waals surface area contributed by atoms with Crippen LogP contribution >= 0.6 is 67.8 Å². The van der Waals surface area contributed by atoms with Crippen LogP contribution < -0.4 is 10.6 Å². The van der Waals surface area contributed by atoms with E-state index in [9.17, 15) is 22.8 Å².